The van der Waals surface area contributed by atoms with Crippen molar-refractivity contribution in [3.05, 3.63) is 53.4 Å². The van der Waals surface area contributed by atoms with Crippen molar-refractivity contribution in [2.45, 2.75) is 11.2 Å². The van der Waals surface area contributed by atoms with E-state index in [2.05, 4.69) is 15.1 Å². The first kappa shape index (κ1) is 18.3. The van der Waals surface area contributed by atoms with Crippen molar-refractivity contribution in [2.24, 2.45) is 5.14 Å². The van der Waals surface area contributed by atoms with E-state index < -0.39 is 27.0 Å². The lowest BCUT2D eigenvalue weighted by atomic mass is 10.2. The highest BCUT2D eigenvalue weighted by molar-refractivity contribution is 7.89. The maximum Gasteiger partial charge on any atom is 0.453 e. The van der Waals surface area contributed by atoms with Gasteiger partial charge in [-0.3, -0.25) is 0 Å². The number of aromatic nitrogens is 4. The lowest BCUT2D eigenvalue weighted by molar-refractivity contribution is -0.144. The van der Waals surface area contributed by atoms with E-state index in [-0.39, 0.29) is 11.5 Å². The second kappa shape index (κ2) is 6.34. The van der Waals surface area contributed by atoms with Crippen LogP contribution in [0, 0.1) is 0 Å². The number of hydrogen-bond acceptors (Lipinski definition) is 5. The van der Waals surface area contributed by atoms with Crippen LogP contribution < -0.4 is 5.14 Å². The summed E-state index contributed by atoms with van der Waals surface area (Å²) >= 11 is 5.79. The summed E-state index contributed by atoms with van der Waals surface area (Å²) in [6.45, 7) is 0. The fourth-order valence-corrected chi connectivity index (χ4v) is 2.65. The molecule has 2 heterocycles. The third-order valence-electron chi connectivity index (χ3n) is 3.22. The van der Waals surface area contributed by atoms with Crippen molar-refractivity contribution in [3.63, 3.8) is 0 Å². The van der Waals surface area contributed by atoms with Gasteiger partial charge in [0.15, 0.2) is 10.9 Å². The monoisotopic (exact) mass is 403 g/mol. The minimum atomic E-state index is -4.76. The SMILES string of the molecule is NS(=O)(=O)c1ccc(-n2nc(C(F)(F)F)nc2-c2ccc(Cl)cc2)cn1. The van der Waals surface area contributed by atoms with E-state index in [1.54, 1.807) is 0 Å². The number of nitrogens with zero attached hydrogens (tertiary/aromatic N) is 4. The third kappa shape index (κ3) is 3.69. The van der Waals surface area contributed by atoms with Gasteiger partial charge in [-0.1, -0.05) is 11.6 Å². The van der Waals surface area contributed by atoms with Gasteiger partial charge in [0, 0.05) is 10.6 Å². The molecule has 0 aliphatic rings. The maximum absolute atomic E-state index is 13.0. The van der Waals surface area contributed by atoms with Crippen LogP contribution in [0.4, 0.5) is 13.2 Å². The molecule has 0 aliphatic heterocycles. The number of alkyl halides is 3. The average molecular weight is 404 g/mol. The van der Waals surface area contributed by atoms with Crippen LogP contribution in [-0.4, -0.2) is 28.2 Å². The molecule has 0 saturated heterocycles. The van der Waals surface area contributed by atoms with Gasteiger partial charge in [0.1, 0.15) is 0 Å². The molecule has 0 radical (unpaired) electrons. The van der Waals surface area contributed by atoms with E-state index in [0.29, 0.717) is 10.6 Å². The Labute approximate surface area is 150 Å². The second-order valence-corrected chi connectivity index (χ2v) is 7.02. The van der Waals surface area contributed by atoms with Crippen LogP contribution in [0.3, 0.4) is 0 Å². The quantitative estimate of drug-likeness (QED) is 0.724. The molecular weight excluding hydrogens is 395 g/mol. The molecule has 1 aromatic carbocycles. The number of hydrogen-bond donors (Lipinski definition) is 1. The summed E-state index contributed by atoms with van der Waals surface area (Å²) in [5.74, 6) is -1.46. The number of rotatable bonds is 3. The molecule has 3 aromatic rings. The Morgan fingerprint density at radius 2 is 1.73 bits per heavy atom. The fraction of sp³-hybridized carbons (Fsp3) is 0.0714. The maximum atomic E-state index is 13.0. The number of nitrogens with two attached hydrogens (primary N) is 1. The molecule has 0 spiro atoms. The van der Waals surface area contributed by atoms with Crippen LogP contribution >= 0.6 is 11.6 Å². The van der Waals surface area contributed by atoms with Crippen LogP contribution in [0.5, 0.6) is 0 Å². The Bertz CT molecular complexity index is 1050. The van der Waals surface area contributed by atoms with Gasteiger partial charge < -0.3 is 0 Å². The summed E-state index contributed by atoms with van der Waals surface area (Å²) in [5, 5.41) is 8.40. The number of primary sulfonamides is 1. The minimum Gasteiger partial charge on any atom is -0.241 e. The molecule has 3 rings (SSSR count). The molecule has 136 valence electrons. The number of sulfonamides is 1. The first-order chi connectivity index (χ1) is 12.1. The van der Waals surface area contributed by atoms with Gasteiger partial charge in [-0.2, -0.15) is 13.2 Å². The number of halogens is 4. The largest absolute Gasteiger partial charge is 0.453 e. The van der Waals surface area contributed by atoms with Crippen LogP contribution in [0.15, 0.2) is 47.6 Å². The van der Waals surface area contributed by atoms with Gasteiger partial charge in [0.05, 0.1) is 11.9 Å². The van der Waals surface area contributed by atoms with E-state index in [4.69, 9.17) is 16.7 Å². The highest BCUT2D eigenvalue weighted by Crippen LogP contribution is 2.30. The zero-order chi connectivity index (χ0) is 19.1. The van der Waals surface area contributed by atoms with Crippen molar-refractivity contribution >= 4 is 21.6 Å². The minimum absolute atomic E-state index is 0.0744. The van der Waals surface area contributed by atoms with Crippen LogP contribution in [0.25, 0.3) is 17.1 Å². The molecule has 0 amide bonds. The average Bonchev–Trinajstić information content (AvgIpc) is 3.00. The van der Waals surface area contributed by atoms with Crippen molar-refractivity contribution in [1.82, 2.24) is 19.7 Å². The predicted octanol–water partition coefficient (Wildman–Crippen LogP) is 2.65. The van der Waals surface area contributed by atoms with E-state index in [9.17, 15) is 21.6 Å². The summed E-state index contributed by atoms with van der Waals surface area (Å²) in [6, 6.07) is 8.23. The highest BCUT2D eigenvalue weighted by atomic mass is 35.5. The summed E-state index contributed by atoms with van der Waals surface area (Å²) < 4.78 is 62.5. The van der Waals surface area contributed by atoms with E-state index in [0.717, 1.165) is 16.9 Å². The van der Waals surface area contributed by atoms with Crippen molar-refractivity contribution in [1.29, 1.82) is 0 Å². The molecule has 0 unspecified atom stereocenters. The molecule has 2 N–H and O–H groups in total. The molecule has 12 heteroatoms. The topological polar surface area (TPSA) is 104 Å². The summed E-state index contributed by atoms with van der Waals surface area (Å²) in [4.78, 5) is 7.18. The zero-order valence-electron chi connectivity index (χ0n) is 12.6. The number of benzene rings is 1. The Balaban J connectivity index is 2.16. The van der Waals surface area contributed by atoms with E-state index in [1.165, 1.54) is 30.3 Å². The summed E-state index contributed by atoms with van der Waals surface area (Å²) in [7, 11) is -4.04. The third-order valence-corrected chi connectivity index (χ3v) is 4.30. The van der Waals surface area contributed by atoms with Gasteiger partial charge in [-0.05, 0) is 36.4 Å². The summed E-state index contributed by atoms with van der Waals surface area (Å²) in [5.41, 5.74) is 0.401. The fourth-order valence-electron chi connectivity index (χ4n) is 2.06. The van der Waals surface area contributed by atoms with Crippen LogP contribution in [-0.2, 0) is 16.2 Å². The first-order valence-corrected chi connectivity index (χ1v) is 8.77. The van der Waals surface area contributed by atoms with Crippen molar-refractivity contribution < 1.29 is 21.6 Å². The van der Waals surface area contributed by atoms with Gasteiger partial charge in [0.25, 0.3) is 15.8 Å². The van der Waals surface area contributed by atoms with E-state index >= 15 is 0 Å². The Morgan fingerprint density at radius 3 is 2.23 bits per heavy atom. The highest BCUT2D eigenvalue weighted by Gasteiger charge is 2.37. The lowest BCUT2D eigenvalue weighted by Crippen LogP contribution is -2.14. The normalized spacial score (nSPS) is 12.3. The molecule has 0 bridgehead atoms. The van der Waals surface area contributed by atoms with Gasteiger partial charge in [-0.15, -0.1) is 5.10 Å². The first-order valence-electron chi connectivity index (χ1n) is 6.85. The predicted molar refractivity (Wildman–Crippen MR) is 86.0 cm³/mol. The Hall–Kier alpha value is -2.50. The van der Waals surface area contributed by atoms with Crippen LogP contribution in [0.1, 0.15) is 5.82 Å². The molecule has 7 nitrogen and oxygen atoms in total. The second-order valence-electron chi connectivity index (χ2n) is 5.08. The lowest BCUT2D eigenvalue weighted by Gasteiger charge is -2.06. The molecule has 0 atom stereocenters. The molecule has 0 fully saturated rings. The molecular formula is C14H9ClF3N5O2S. The molecule has 0 aliphatic carbocycles. The van der Waals surface area contributed by atoms with Gasteiger partial charge in [-0.25, -0.2) is 28.2 Å². The van der Waals surface area contributed by atoms with E-state index in [1.807, 2.05) is 0 Å². The smallest absolute Gasteiger partial charge is 0.241 e. The van der Waals surface area contributed by atoms with Crippen molar-refractivity contribution in [3.8, 4) is 17.1 Å². The standard InChI is InChI=1S/C14H9ClF3N5O2S/c15-9-3-1-8(2-4-9)12-21-13(14(16,17)18)22-23(12)10-5-6-11(20-7-10)26(19,24)25/h1-7H,(H2,19,24,25). The Kier molecular flexibility index (Phi) is 4.46. The van der Waals surface area contributed by atoms with Crippen LogP contribution in [0.2, 0.25) is 5.02 Å². The molecule has 26 heavy (non-hydrogen) atoms. The van der Waals surface area contributed by atoms with Gasteiger partial charge in [0.2, 0.25) is 0 Å². The molecule has 0 saturated carbocycles. The van der Waals surface area contributed by atoms with Crippen molar-refractivity contribution in [2.75, 3.05) is 0 Å². The zero-order valence-corrected chi connectivity index (χ0v) is 14.2. The Morgan fingerprint density at radius 1 is 1.08 bits per heavy atom. The number of pyridine rings is 1. The van der Waals surface area contributed by atoms with Gasteiger partial charge >= 0.3 is 6.18 Å². The summed E-state index contributed by atoms with van der Waals surface area (Å²) in [6.07, 6.45) is -3.73. The molecule has 2 aromatic heterocycles.